The number of hydrogen-bond acceptors (Lipinski definition) is 5. The van der Waals surface area contributed by atoms with E-state index in [0.717, 1.165) is 59.4 Å². The molecule has 3 aromatic rings. The van der Waals surface area contributed by atoms with Crippen molar-refractivity contribution in [1.29, 1.82) is 0 Å². The Morgan fingerprint density at radius 2 is 2.06 bits per heavy atom. The fraction of sp³-hybridized carbons (Fsp3) is 0.500. The Labute approximate surface area is 181 Å². The molecule has 0 bridgehead atoms. The van der Waals surface area contributed by atoms with Gasteiger partial charge >= 0.3 is 0 Å². The Kier molecular flexibility index (Phi) is 5.30. The zero-order valence-electron chi connectivity index (χ0n) is 18.3. The molecule has 0 spiro atoms. The minimum atomic E-state index is -0.240. The molecule has 2 aliphatic rings. The van der Waals surface area contributed by atoms with Crippen LogP contribution in [0.1, 0.15) is 56.0 Å². The average Bonchev–Trinajstić information content (AvgIpc) is 3.39. The summed E-state index contributed by atoms with van der Waals surface area (Å²) < 4.78 is 29.5. The van der Waals surface area contributed by atoms with Gasteiger partial charge in [-0.1, -0.05) is 0 Å². The van der Waals surface area contributed by atoms with Crippen LogP contribution in [0.2, 0.25) is 0 Å². The summed E-state index contributed by atoms with van der Waals surface area (Å²) in [7, 11) is 0. The molecule has 1 aliphatic heterocycles. The van der Waals surface area contributed by atoms with E-state index >= 15 is 4.39 Å². The van der Waals surface area contributed by atoms with E-state index in [1.807, 2.05) is 20.8 Å². The summed E-state index contributed by atoms with van der Waals surface area (Å²) in [4.78, 5) is 8.80. The van der Waals surface area contributed by atoms with Crippen molar-refractivity contribution in [2.24, 2.45) is 0 Å². The van der Waals surface area contributed by atoms with E-state index in [1.54, 1.807) is 12.4 Å². The highest BCUT2D eigenvalue weighted by atomic mass is 19.1. The summed E-state index contributed by atoms with van der Waals surface area (Å²) in [6.45, 7) is 7.22. The average molecular weight is 425 g/mol. The van der Waals surface area contributed by atoms with Crippen molar-refractivity contribution < 1.29 is 13.9 Å². The molecule has 5 rings (SSSR count). The van der Waals surface area contributed by atoms with E-state index in [0.29, 0.717) is 24.8 Å². The third-order valence-electron chi connectivity index (χ3n) is 6.37. The molecule has 2 aromatic heterocycles. The standard InChI is InChI=1S/C24H29FN4O2/c1-14(2)30-22-11-21(20-12-26-8-6-19(20)23(22)25)31-17-5-4-16(10-17)29-9-7-18-15(3)27-13-28-24(18)29/h7,9,11,13-14,16-17,26H,4-6,8,10,12H2,1-3H3. The molecule has 0 amide bonds. The van der Waals surface area contributed by atoms with E-state index in [-0.39, 0.29) is 18.0 Å². The molecule has 1 fully saturated rings. The first kappa shape index (κ1) is 20.2. The fourth-order valence-corrected chi connectivity index (χ4v) is 4.87. The topological polar surface area (TPSA) is 61.2 Å². The van der Waals surface area contributed by atoms with Crippen LogP contribution in [0.25, 0.3) is 11.0 Å². The number of ether oxygens (including phenoxy) is 2. The van der Waals surface area contributed by atoms with Gasteiger partial charge in [0.05, 0.1) is 11.8 Å². The number of nitrogens with zero attached hydrogens (tertiary/aromatic N) is 3. The minimum Gasteiger partial charge on any atom is -0.490 e. The number of hydrogen-bond donors (Lipinski definition) is 1. The van der Waals surface area contributed by atoms with Gasteiger partial charge in [0.2, 0.25) is 0 Å². The second-order valence-electron chi connectivity index (χ2n) is 8.86. The Balaban J connectivity index is 1.40. The van der Waals surface area contributed by atoms with Crippen LogP contribution in [0.4, 0.5) is 4.39 Å². The Hall–Kier alpha value is -2.67. The highest BCUT2D eigenvalue weighted by Crippen LogP contribution is 2.39. The Morgan fingerprint density at radius 3 is 2.90 bits per heavy atom. The summed E-state index contributed by atoms with van der Waals surface area (Å²) in [5, 5.41) is 4.44. The quantitative estimate of drug-likeness (QED) is 0.654. The van der Waals surface area contributed by atoms with Gasteiger partial charge in [-0.15, -0.1) is 0 Å². The maximum absolute atomic E-state index is 15.0. The van der Waals surface area contributed by atoms with Crippen molar-refractivity contribution in [1.82, 2.24) is 19.9 Å². The van der Waals surface area contributed by atoms with E-state index in [9.17, 15) is 0 Å². The lowest BCUT2D eigenvalue weighted by Gasteiger charge is -2.25. The lowest BCUT2D eigenvalue weighted by molar-refractivity contribution is 0.195. The van der Waals surface area contributed by atoms with Gasteiger partial charge in [-0.3, -0.25) is 0 Å². The van der Waals surface area contributed by atoms with Gasteiger partial charge < -0.3 is 19.4 Å². The number of halogens is 1. The third-order valence-corrected chi connectivity index (χ3v) is 6.37. The lowest BCUT2D eigenvalue weighted by atomic mass is 9.98. The van der Waals surface area contributed by atoms with Crippen molar-refractivity contribution in [2.75, 3.05) is 6.54 Å². The lowest BCUT2D eigenvalue weighted by Crippen LogP contribution is -2.27. The number of rotatable bonds is 5. The van der Waals surface area contributed by atoms with E-state index < -0.39 is 0 Å². The molecule has 31 heavy (non-hydrogen) atoms. The summed E-state index contributed by atoms with van der Waals surface area (Å²) in [5.41, 5.74) is 3.63. The normalized spacial score (nSPS) is 20.9. The highest BCUT2D eigenvalue weighted by molar-refractivity contribution is 5.78. The second kappa shape index (κ2) is 8.11. The molecular formula is C24H29FN4O2. The summed E-state index contributed by atoms with van der Waals surface area (Å²) >= 11 is 0. The monoisotopic (exact) mass is 424 g/mol. The van der Waals surface area contributed by atoms with Crippen LogP contribution in [0.3, 0.4) is 0 Å². The van der Waals surface area contributed by atoms with E-state index in [2.05, 4.69) is 32.1 Å². The molecule has 1 N–H and O–H groups in total. The van der Waals surface area contributed by atoms with Crippen LogP contribution in [-0.2, 0) is 13.0 Å². The zero-order chi connectivity index (χ0) is 21.5. The van der Waals surface area contributed by atoms with Gasteiger partial charge in [-0.2, -0.15) is 0 Å². The SMILES string of the molecule is Cc1ncnc2c1ccn2C1CCC(Oc2cc(OC(C)C)c(F)c3c2CNCC3)C1. The van der Waals surface area contributed by atoms with Crippen molar-refractivity contribution >= 4 is 11.0 Å². The number of benzene rings is 1. The molecule has 164 valence electrons. The van der Waals surface area contributed by atoms with Gasteiger partial charge in [0.15, 0.2) is 11.6 Å². The van der Waals surface area contributed by atoms with Gasteiger partial charge in [-0.25, -0.2) is 14.4 Å². The number of aromatic nitrogens is 3. The molecular weight excluding hydrogens is 395 g/mol. The van der Waals surface area contributed by atoms with Crippen molar-refractivity contribution in [3.05, 3.63) is 47.3 Å². The van der Waals surface area contributed by atoms with Crippen LogP contribution >= 0.6 is 0 Å². The molecule has 1 aliphatic carbocycles. The van der Waals surface area contributed by atoms with Crippen LogP contribution in [0, 0.1) is 12.7 Å². The van der Waals surface area contributed by atoms with Gasteiger partial charge in [-0.05, 0) is 52.6 Å². The van der Waals surface area contributed by atoms with Crippen LogP contribution < -0.4 is 14.8 Å². The predicted molar refractivity (Wildman–Crippen MR) is 117 cm³/mol. The van der Waals surface area contributed by atoms with E-state index in [1.165, 1.54) is 0 Å². The molecule has 0 saturated heterocycles. The fourth-order valence-electron chi connectivity index (χ4n) is 4.87. The second-order valence-corrected chi connectivity index (χ2v) is 8.86. The highest BCUT2D eigenvalue weighted by Gasteiger charge is 2.31. The largest absolute Gasteiger partial charge is 0.490 e. The summed E-state index contributed by atoms with van der Waals surface area (Å²) in [6.07, 6.45) is 7.24. The van der Waals surface area contributed by atoms with Crippen LogP contribution in [-0.4, -0.2) is 33.3 Å². The summed E-state index contributed by atoms with van der Waals surface area (Å²) in [5.74, 6) is 0.805. The maximum Gasteiger partial charge on any atom is 0.168 e. The molecule has 1 aromatic carbocycles. The Morgan fingerprint density at radius 1 is 1.19 bits per heavy atom. The van der Waals surface area contributed by atoms with Crippen molar-refractivity contribution in [2.45, 2.75) is 71.2 Å². The first-order valence-corrected chi connectivity index (χ1v) is 11.2. The first-order chi connectivity index (χ1) is 15.0. The Bertz CT molecular complexity index is 1110. The molecule has 1 saturated carbocycles. The molecule has 2 unspecified atom stereocenters. The van der Waals surface area contributed by atoms with Crippen molar-refractivity contribution in [3.63, 3.8) is 0 Å². The molecule has 7 heteroatoms. The maximum atomic E-state index is 15.0. The zero-order valence-corrected chi connectivity index (χ0v) is 18.3. The summed E-state index contributed by atoms with van der Waals surface area (Å²) in [6, 6.07) is 4.17. The van der Waals surface area contributed by atoms with E-state index in [4.69, 9.17) is 9.47 Å². The van der Waals surface area contributed by atoms with Gasteiger partial charge in [0, 0.05) is 47.8 Å². The third kappa shape index (κ3) is 3.76. The molecule has 3 heterocycles. The molecule has 6 nitrogen and oxygen atoms in total. The number of fused-ring (bicyclic) bond motifs is 2. The molecule has 2 atom stereocenters. The first-order valence-electron chi connectivity index (χ1n) is 11.2. The number of aryl methyl sites for hydroxylation is 1. The predicted octanol–water partition coefficient (Wildman–Crippen LogP) is 4.48. The van der Waals surface area contributed by atoms with Gasteiger partial charge in [0.25, 0.3) is 0 Å². The minimum absolute atomic E-state index is 0.0776. The van der Waals surface area contributed by atoms with Crippen molar-refractivity contribution in [3.8, 4) is 11.5 Å². The molecule has 0 radical (unpaired) electrons. The van der Waals surface area contributed by atoms with Crippen LogP contribution in [0.15, 0.2) is 24.7 Å². The van der Waals surface area contributed by atoms with Gasteiger partial charge in [0.1, 0.15) is 23.8 Å². The smallest absolute Gasteiger partial charge is 0.168 e. The van der Waals surface area contributed by atoms with Crippen LogP contribution in [0.5, 0.6) is 11.5 Å². The number of nitrogens with one attached hydrogen (secondary N) is 1.